The molecule has 14 unspecified atom stereocenters. The van der Waals surface area contributed by atoms with Crippen molar-refractivity contribution < 1.29 is 82.0 Å². The van der Waals surface area contributed by atoms with Gasteiger partial charge in [0.05, 0.1) is 115 Å². The number of esters is 4. The predicted molar refractivity (Wildman–Crippen MR) is 564 cm³/mol. The van der Waals surface area contributed by atoms with E-state index in [1.807, 2.05) is 92.3 Å². The highest BCUT2D eigenvalue weighted by Gasteiger charge is 2.55. The maximum atomic E-state index is 15.3. The fraction of sp³-hybridized carbons (Fsp3) is 0.542. The van der Waals surface area contributed by atoms with Crippen LogP contribution < -0.4 is 77.2 Å². The molecule has 0 bridgehead atoms. The van der Waals surface area contributed by atoms with Gasteiger partial charge in [-0.25, -0.2) is 63.1 Å². The van der Waals surface area contributed by atoms with Gasteiger partial charge in [-0.3, -0.25) is 48.5 Å². The third-order valence-electron chi connectivity index (χ3n) is 33.3. The molecular formula is C107H136F10N20O13. The number of likely N-dealkylation sites (N-methyl/N-ethyl adjacent to an activating group) is 7. The van der Waals surface area contributed by atoms with E-state index in [-0.39, 0.29) is 127 Å². The molecule has 1 N–H and O–H groups in total. The van der Waals surface area contributed by atoms with E-state index in [0.717, 1.165) is 30.5 Å². The monoisotopic (exact) mass is 2100 g/mol. The van der Waals surface area contributed by atoms with Gasteiger partial charge in [-0.1, -0.05) is 20.3 Å². The van der Waals surface area contributed by atoms with Crippen LogP contribution in [0.1, 0.15) is 95.5 Å². The Bertz CT molecular complexity index is 7490. The average molecular weight is 2100 g/mol. The molecule has 10 aromatic rings. The van der Waals surface area contributed by atoms with E-state index in [1.54, 1.807) is 23.9 Å². The summed E-state index contributed by atoms with van der Waals surface area (Å²) < 4.78 is 175. The van der Waals surface area contributed by atoms with Crippen LogP contribution in [0.25, 0.3) is 54.5 Å². The maximum Gasteiger partial charge on any atom is 0.330 e. The summed E-state index contributed by atoms with van der Waals surface area (Å²) >= 11 is 0. The molecule has 14 atom stereocenters. The SMILES string of the molecule is CCCCN1c2c(c3cc(F)c(C)c(F)c3n(C)c2=O)N2CC(C)N(C)CC2C1C(=O)OC.CCCN1c2c(c3cc(F)c(C)c(F)c3n(C)c2=O)N2CC(C)N(C)CC2C1C(=O)OC.COC(=O)C1C2CN(C)C(C)CN2c2c(c(=O)n(C)c3c(F)c(C)c(F)cc23)N1C.COC(=O)C1Nc2c(c3cc(F)c(C)c(F)c3n(C)c2=O)N2CC(C)N(C)CC12.Cc1c(F)cc2c3c(c(=O)n(C)c2c1F)N(C)CC1CN(C)C(C)CN31. The Kier molecular flexibility index (Phi) is 30.5. The molecule has 812 valence electrons. The number of carbonyl (C=O) groups excluding carboxylic acids is 4. The predicted octanol–water partition coefficient (Wildman–Crippen LogP) is 10.5. The zero-order chi connectivity index (χ0) is 110. The van der Waals surface area contributed by atoms with Gasteiger partial charge in [0, 0.05) is 219 Å². The number of nitrogens with zero attached hydrogens (tertiary/aromatic N) is 19. The number of piperazine rings is 5. The second kappa shape index (κ2) is 41.7. The van der Waals surface area contributed by atoms with Crippen molar-refractivity contribution in [1.29, 1.82) is 0 Å². The Morgan fingerprint density at radius 1 is 0.313 bits per heavy atom. The summed E-state index contributed by atoms with van der Waals surface area (Å²) in [4.78, 5) is 146. The lowest BCUT2D eigenvalue weighted by molar-refractivity contribution is -0.144. The van der Waals surface area contributed by atoms with E-state index < -0.39 is 128 Å². The van der Waals surface area contributed by atoms with Gasteiger partial charge >= 0.3 is 23.9 Å². The first-order valence-electron chi connectivity index (χ1n) is 50.7. The van der Waals surface area contributed by atoms with Crippen molar-refractivity contribution >= 4 is 135 Å². The van der Waals surface area contributed by atoms with Crippen molar-refractivity contribution in [3.05, 3.63) is 168 Å². The first-order chi connectivity index (χ1) is 70.7. The highest BCUT2D eigenvalue weighted by molar-refractivity contribution is 6.08. The number of benzene rings is 5. The molecule has 5 aromatic carbocycles. The Balaban J connectivity index is 0.000000134. The standard InChI is InChI=1S/C24H32F2N4O3.C23H30F2N4O3.C21H26F2N4O3.C20H24F2N4O3.C19H24F2N4O/c1-7-8-9-29-21(24(32)33-6)17-12-27(4)13(2)11-30(17)20-15-10-16(25)14(3)18(26)19(15)28(5)23(31)22(20)29;1-7-8-28-20(23(31)32-6)16-11-26(4)12(2)10-29(16)19-14-9-15(24)13(3)17(25)18(14)27(5)22(30)21(19)28;1-10-8-27-14(9-24(10)3)18(21(29)30-6)25(4)19-17(27)12-7-13(22)11(2)15(23)16(12)26(5)20(19)28;1-9-7-26-13(8-24(9)3)15(20(28)29-5)23-16-18(26)11-6-12(21)10(2)14(22)17(11)25(4)19(16)27;1-10-7-25-12(8-22(10)3)9-23(4)18-17(25)13-6-14(20)11(2)15(21)16(13)24(5)19(18)26/h10,13,17,21H,7-9,11-12H2,1-6H3;9,12,16,20H,7-8,10-11H2,1-6H3;7,10,14,18H,8-9H2,1-6H3;6,9,13,15,23H,7-8H2,1-5H3;6,10,12H,7-9H2,1-5H3. The number of rotatable bonds is 9. The number of aromatic nitrogens is 5. The molecule has 0 aliphatic carbocycles. The minimum absolute atomic E-state index is 0.0521. The summed E-state index contributed by atoms with van der Waals surface area (Å²) in [7, 11) is 26.3. The molecule has 10 aliphatic rings. The number of unbranched alkanes of at least 4 members (excludes halogenated alkanes) is 1. The molecule has 0 radical (unpaired) electrons. The number of aryl methyl sites for hydroxylation is 5. The van der Waals surface area contributed by atoms with Gasteiger partial charge in [0.2, 0.25) is 0 Å². The number of hydrogen-bond acceptors (Lipinski definition) is 28. The fourth-order valence-electron chi connectivity index (χ4n) is 24.0. The zero-order valence-electron chi connectivity index (χ0n) is 90.4. The van der Waals surface area contributed by atoms with Crippen LogP contribution in [0.4, 0.5) is 101 Å². The van der Waals surface area contributed by atoms with Crippen LogP contribution in [0.3, 0.4) is 0 Å². The van der Waals surface area contributed by atoms with E-state index in [2.05, 4.69) is 62.5 Å². The average Bonchev–Trinajstić information content (AvgIpc) is 0.727. The van der Waals surface area contributed by atoms with Crippen LogP contribution >= 0.6 is 0 Å². The Morgan fingerprint density at radius 2 is 0.587 bits per heavy atom. The smallest absolute Gasteiger partial charge is 0.330 e. The van der Waals surface area contributed by atoms with Crippen molar-refractivity contribution in [2.45, 2.75) is 187 Å². The highest BCUT2D eigenvalue weighted by Crippen LogP contribution is 2.51. The minimum atomic E-state index is -0.771. The zero-order valence-corrected chi connectivity index (χ0v) is 90.4. The van der Waals surface area contributed by atoms with Crippen LogP contribution in [0.15, 0.2) is 54.3 Å². The first kappa shape index (κ1) is 110. The first-order valence-corrected chi connectivity index (χ1v) is 50.7. The van der Waals surface area contributed by atoms with Gasteiger partial charge in [-0.2, -0.15) is 0 Å². The van der Waals surface area contributed by atoms with E-state index >= 15 is 13.2 Å². The van der Waals surface area contributed by atoms with Gasteiger partial charge in [0.1, 0.15) is 81.7 Å². The molecule has 10 aliphatic heterocycles. The normalized spacial score (nSPS) is 23.5. The number of pyridine rings is 5. The van der Waals surface area contributed by atoms with Gasteiger partial charge in [0.15, 0.2) is 29.1 Å². The molecule has 5 aromatic heterocycles. The highest BCUT2D eigenvalue weighted by atomic mass is 19.2. The largest absolute Gasteiger partial charge is 0.467 e. The van der Waals surface area contributed by atoms with E-state index in [9.17, 15) is 73.9 Å². The lowest BCUT2D eigenvalue weighted by Gasteiger charge is -2.54. The molecule has 5 saturated heterocycles. The third kappa shape index (κ3) is 17.7. The van der Waals surface area contributed by atoms with E-state index in [1.165, 1.54) is 140 Å². The molecule has 5 fully saturated rings. The number of anilines is 10. The summed E-state index contributed by atoms with van der Waals surface area (Å²) in [6, 6.07) is 3.30. The van der Waals surface area contributed by atoms with Crippen LogP contribution in [-0.4, -0.2) is 319 Å². The number of carbonyl (C=O) groups is 4. The van der Waals surface area contributed by atoms with Gasteiger partial charge < -0.3 is 91.2 Å². The van der Waals surface area contributed by atoms with E-state index in [4.69, 9.17) is 18.9 Å². The Morgan fingerprint density at radius 3 is 0.927 bits per heavy atom. The van der Waals surface area contributed by atoms with Gasteiger partial charge in [-0.15, -0.1) is 0 Å². The summed E-state index contributed by atoms with van der Waals surface area (Å²) in [5.74, 6) is -8.66. The van der Waals surface area contributed by atoms with Gasteiger partial charge in [-0.05, 0) is 148 Å². The second-order valence-corrected chi connectivity index (χ2v) is 42.2. The molecule has 150 heavy (non-hydrogen) atoms. The lowest BCUT2D eigenvalue weighted by Crippen LogP contribution is -2.69. The fourth-order valence-corrected chi connectivity index (χ4v) is 24.0. The molecule has 15 heterocycles. The van der Waals surface area contributed by atoms with Crippen molar-refractivity contribution in [3.8, 4) is 0 Å². The molecule has 33 nitrogen and oxygen atoms in total. The van der Waals surface area contributed by atoms with Crippen molar-refractivity contribution in [2.24, 2.45) is 35.2 Å². The molecule has 20 rings (SSSR count). The van der Waals surface area contributed by atoms with Crippen LogP contribution in [0, 0.1) is 92.8 Å². The van der Waals surface area contributed by atoms with Crippen LogP contribution in [0.2, 0.25) is 0 Å². The number of fused-ring (bicyclic) bond motifs is 25. The van der Waals surface area contributed by atoms with E-state index in [0.29, 0.717) is 157 Å². The summed E-state index contributed by atoms with van der Waals surface area (Å²) in [5.41, 5.74) is 2.03. The number of halogens is 10. The number of ether oxygens (including phenoxy) is 4. The maximum absolute atomic E-state index is 15.3. The second-order valence-electron chi connectivity index (χ2n) is 42.2. The quantitative estimate of drug-likeness (QED) is 0.0799. The number of methoxy groups -OCH3 is 4. The molecular weight excluding hydrogens is 1960 g/mol. The molecule has 43 heteroatoms. The van der Waals surface area contributed by atoms with Crippen molar-refractivity contribution in [2.75, 3.05) is 212 Å². The minimum Gasteiger partial charge on any atom is -0.467 e. The van der Waals surface area contributed by atoms with Crippen molar-refractivity contribution in [1.82, 2.24) is 47.3 Å². The summed E-state index contributed by atoms with van der Waals surface area (Å²) in [6.45, 7) is 28.5. The Labute approximate surface area is 863 Å². The topological polar surface area (TPSA) is 273 Å². The summed E-state index contributed by atoms with van der Waals surface area (Å²) in [6.07, 6.45) is 2.30. The summed E-state index contributed by atoms with van der Waals surface area (Å²) in [5, 5.41) is 4.80. The van der Waals surface area contributed by atoms with Crippen molar-refractivity contribution in [3.63, 3.8) is 0 Å². The Hall–Kier alpha value is -12.9. The lowest BCUT2D eigenvalue weighted by atomic mass is 9.92. The number of nitrogens with one attached hydrogen (secondary N) is 1. The van der Waals surface area contributed by atoms with Crippen LogP contribution in [0.5, 0.6) is 0 Å². The third-order valence-corrected chi connectivity index (χ3v) is 33.3. The molecule has 0 amide bonds. The van der Waals surface area contributed by atoms with Crippen LogP contribution in [-0.2, 0) is 73.4 Å². The number of hydrogen-bond donors (Lipinski definition) is 1. The molecule has 0 spiro atoms. The van der Waals surface area contributed by atoms with Gasteiger partial charge in [0.25, 0.3) is 27.8 Å². The molecule has 0 saturated carbocycles.